The normalized spacial score (nSPS) is 12.6. The molecule has 2 heterocycles. The first-order chi connectivity index (χ1) is 11.4. The van der Waals surface area contributed by atoms with E-state index in [0.29, 0.717) is 11.5 Å². The Balaban J connectivity index is 1.89. The fourth-order valence-electron chi connectivity index (χ4n) is 2.28. The zero-order chi connectivity index (χ0) is 17.3. The van der Waals surface area contributed by atoms with Gasteiger partial charge in [-0.1, -0.05) is 0 Å². The molecule has 0 aliphatic carbocycles. The summed E-state index contributed by atoms with van der Waals surface area (Å²) in [6, 6.07) is 4.62. The maximum atomic E-state index is 13.5. The van der Waals surface area contributed by atoms with Crippen molar-refractivity contribution in [1.82, 2.24) is 14.6 Å². The van der Waals surface area contributed by atoms with Gasteiger partial charge in [-0.3, -0.25) is 0 Å². The predicted octanol–water partition coefficient (Wildman–Crippen LogP) is 4.25. The molecule has 0 fully saturated rings. The Morgan fingerprint density at radius 3 is 2.83 bits per heavy atom. The van der Waals surface area contributed by atoms with Gasteiger partial charge >= 0.3 is 6.61 Å². The molecule has 1 N–H and O–H groups in total. The van der Waals surface area contributed by atoms with Crippen LogP contribution in [0.4, 0.5) is 19.0 Å². The van der Waals surface area contributed by atoms with E-state index in [9.17, 15) is 13.2 Å². The molecule has 1 unspecified atom stereocenters. The summed E-state index contributed by atoms with van der Waals surface area (Å²) in [6.07, 6.45) is 3.40. The van der Waals surface area contributed by atoms with E-state index in [0.717, 1.165) is 15.7 Å². The van der Waals surface area contributed by atoms with Crippen molar-refractivity contribution in [2.45, 2.75) is 19.6 Å². The molecule has 0 bridgehead atoms. The van der Waals surface area contributed by atoms with Crippen LogP contribution in [0, 0.1) is 9.39 Å². The van der Waals surface area contributed by atoms with Gasteiger partial charge in [-0.05, 0) is 53.8 Å². The predicted molar refractivity (Wildman–Crippen MR) is 90.8 cm³/mol. The van der Waals surface area contributed by atoms with Gasteiger partial charge in [0, 0.05) is 11.8 Å². The smallest absolute Gasteiger partial charge is 0.387 e. The van der Waals surface area contributed by atoms with Crippen molar-refractivity contribution in [2.75, 3.05) is 5.32 Å². The van der Waals surface area contributed by atoms with E-state index in [1.807, 2.05) is 0 Å². The molecule has 9 heteroatoms. The average Bonchev–Trinajstić information content (AvgIpc) is 2.89. The third-order valence-corrected chi connectivity index (χ3v) is 4.11. The molecule has 2 aromatic heterocycles. The molecular weight excluding hydrogens is 436 g/mol. The number of hydrogen-bond donors (Lipinski definition) is 1. The Hall–Kier alpha value is -2.04. The number of halogens is 4. The Morgan fingerprint density at radius 1 is 1.29 bits per heavy atom. The molecule has 126 valence electrons. The zero-order valence-electron chi connectivity index (χ0n) is 12.4. The maximum absolute atomic E-state index is 13.5. The summed E-state index contributed by atoms with van der Waals surface area (Å²) >= 11 is 2.11. The van der Waals surface area contributed by atoms with Gasteiger partial charge in [-0.2, -0.15) is 13.9 Å². The highest BCUT2D eigenvalue weighted by molar-refractivity contribution is 14.1. The van der Waals surface area contributed by atoms with Gasteiger partial charge in [0.1, 0.15) is 17.4 Å². The van der Waals surface area contributed by atoms with Crippen molar-refractivity contribution in [2.24, 2.45) is 0 Å². The lowest BCUT2D eigenvalue weighted by Crippen LogP contribution is -2.12. The van der Waals surface area contributed by atoms with Crippen LogP contribution in [0.25, 0.3) is 5.65 Å². The molecule has 0 spiro atoms. The number of rotatable bonds is 5. The molecule has 0 radical (unpaired) electrons. The second-order valence-corrected chi connectivity index (χ2v) is 6.16. The molecule has 3 rings (SSSR count). The standard InChI is InChI=1S/C15H12F3IN4O/c1-8(10-6-9(16)2-3-12(10)24-15(17)18)21-13-4-5-23-14(22-13)11(19)7-20-23/h2-8,15H,1H3,(H,21,22). The molecule has 1 aromatic carbocycles. The zero-order valence-corrected chi connectivity index (χ0v) is 14.5. The lowest BCUT2D eigenvalue weighted by Gasteiger charge is -2.18. The van der Waals surface area contributed by atoms with Gasteiger partial charge < -0.3 is 10.1 Å². The highest BCUT2D eigenvalue weighted by Crippen LogP contribution is 2.29. The van der Waals surface area contributed by atoms with Crippen LogP contribution >= 0.6 is 22.6 Å². The van der Waals surface area contributed by atoms with Crippen LogP contribution in [0.2, 0.25) is 0 Å². The highest BCUT2D eigenvalue weighted by Gasteiger charge is 2.17. The van der Waals surface area contributed by atoms with Crippen LogP contribution in [-0.4, -0.2) is 21.2 Å². The van der Waals surface area contributed by atoms with Gasteiger partial charge in [-0.25, -0.2) is 13.9 Å². The number of aromatic nitrogens is 3. The first kappa shape index (κ1) is 16.8. The van der Waals surface area contributed by atoms with Gasteiger partial charge in [-0.15, -0.1) is 0 Å². The van der Waals surface area contributed by atoms with Crippen LogP contribution in [0.15, 0.2) is 36.7 Å². The maximum Gasteiger partial charge on any atom is 0.387 e. The minimum Gasteiger partial charge on any atom is -0.434 e. The second-order valence-electron chi connectivity index (χ2n) is 5.00. The minimum atomic E-state index is -2.98. The number of alkyl halides is 2. The van der Waals surface area contributed by atoms with Crippen molar-refractivity contribution in [3.63, 3.8) is 0 Å². The van der Waals surface area contributed by atoms with Crippen LogP contribution in [0.5, 0.6) is 5.75 Å². The third kappa shape index (κ3) is 3.55. The summed E-state index contributed by atoms with van der Waals surface area (Å²) < 4.78 is 45.5. The number of nitrogens with zero attached hydrogens (tertiary/aromatic N) is 3. The van der Waals surface area contributed by atoms with Gasteiger partial charge in [0.2, 0.25) is 0 Å². The van der Waals surface area contributed by atoms with E-state index >= 15 is 0 Å². The molecule has 3 aromatic rings. The molecule has 0 saturated heterocycles. The summed E-state index contributed by atoms with van der Waals surface area (Å²) in [5.41, 5.74) is 0.941. The van der Waals surface area contributed by atoms with E-state index in [-0.39, 0.29) is 11.3 Å². The minimum absolute atomic E-state index is 0.0774. The Labute approximate surface area is 149 Å². The lowest BCUT2D eigenvalue weighted by atomic mass is 10.1. The van der Waals surface area contributed by atoms with E-state index in [1.165, 1.54) is 6.07 Å². The van der Waals surface area contributed by atoms with Gasteiger partial charge in [0.25, 0.3) is 0 Å². The van der Waals surface area contributed by atoms with E-state index in [4.69, 9.17) is 0 Å². The summed E-state index contributed by atoms with van der Waals surface area (Å²) in [7, 11) is 0. The van der Waals surface area contributed by atoms with E-state index < -0.39 is 18.5 Å². The molecule has 0 amide bonds. The fraction of sp³-hybridized carbons (Fsp3) is 0.200. The van der Waals surface area contributed by atoms with Gasteiger partial charge in [0.15, 0.2) is 5.65 Å². The summed E-state index contributed by atoms with van der Waals surface area (Å²) in [5.74, 6) is -0.0962. The number of ether oxygens (including phenoxy) is 1. The number of anilines is 1. The number of benzene rings is 1. The molecule has 0 aliphatic heterocycles. The SMILES string of the molecule is CC(Nc1ccn2ncc(I)c2n1)c1cc(F)ccc1OC(F)F. The summed E-state index contributed by atoms with van der Waals surface area (Å²) in [6.45, 7) is -1.27. The largest absolute Gasteiger partial charge is 0.434 e. The van der Waals surface area contributed by atoms with Crippen molar-refractivity contribution < 1.29 is 17.9 Å². The van der Waals surface area contributed by atoms with Crippen molar-refractivity contribution >= 4 is 34.1 Å². The second kappa shape index (κ2) is 6.83. The average molecular weight is 448 g/mol. The third-order valence-electron chi connectivity index (χ3n) is 3.34. The molecule has 24 heavy (non-hydrogen) atoms. The fourth-order valence-corrected chi connectivity index (χ4v) is 2.77. The van der Waals surface area contributed by atoms with Crippen LogP contribution in [-0.2, 0) is 0 Å². The number of nitrogens with one attached hydrogen (secondary N) is 1. The van der Waals surface area contributed by atoms with Crippen LogP contribution in [0.3, 0.4) is 0 Å². The molecular formula is C15H12F3IN4O. The number of hydrogen-bond acceptors (Lipinski definition) is 4. The topological polar surface area (TPSA) is 51.5 Å². The Bertz CT molecular complexity index is 871. The quantitative estimate of drug-likeness (QED) is 0.594. The first-order valence-corrected chi connectivity index (χ1v) is 8.02. The molecule has 0 saturated carbocycles. The van der Waals surface area contributed by atoms with Crippen molar-refractivity contribution in [3.05, 3.63) is 51.6 Å². The highest BCUT2D eigenvalue weighted by atomic mass is 127. The van der Waals surface area contributed by atoms with Crippen molar-refractivity contribution in [1.29, 1.82) is 0 Å². The lowest BCUT2D eigenvalue weighted by molar-refractivity contribution is -0.0505. The molecule has 1 atom stereocenters. The molecule has 5 nitrogen and oxygen atoms in total. The summed E-state index contributed by atoms with van der Waals surface area (Å²) in [4.78, 5) is 4.41. The number of fused-ring (bicyclic) bond motifs is 1. The van der Waals surface area contributed by atoms with Gasteiger partial charge in [0.05, 0.1) is 15.8 Å². The van der Waals surface area contributed by atoms with Crippen molar-refractivity contribution in [3.8, 4) is 5.75 Å². The summed E-state index contributed by atoms with van der Waals surface area (Å²) in [5, 5.41) is 7.18. The monoisotopic (exact) mass is 448 g/mol. The molecule has 0 aliphatic rings. The van der Waals surface area contributed by atoms with E-state index in [1.54, 1.807) is 29.9 Å². The van der Waals surface area contributed by atoms with E-state index in [2.05, 4.69) is 42.7 Å². The Kier molecular flexibility index (Phi) is 4.78. The van der Waals surface area contributed by atoms with Crippen LogP contribution < -0.4 is 10.1 Å². The van der Waals surface area contributed by atoms with Crippen LogP contribution in [0.1, 0.15) is 18.5 Å². The Morgan fingerprint density at radius 2 is 2.08 bits per heavy atom. The first-order valence-electron chi connectivity index (χ1n) is 6.94.